The summed E-state index contributed by atoms with van der Waals surface area (Å²) < 4.78 is 4.88. The number of likely N-dealkylation sites (tertiary alicyclic amines) is 1. The maximum Gasteiger partial charge on any atom is 0.326 e. The summed E-state index contributed by atoms with van der Waals surface area (Å²) in [7, 11) is 1.56. The molecule has 0 aliphatic carbocycles. The Morgan fingerprint density at radius 1 is 1.50 bits per heavy atom. The van der Waals surface area contributed by atoms with Gasteiger partial charge in [0.1, 0.15) is 6.04 Å². The summed E-state index contributed by atoms with van der Waals surface area (Å²) in [5.41, 5.74) is 0. The average molecular weight is 288 g/mol. The van der Waals surface area contributed by atoms with Crippen molar-refractivity contribution in [3.05, 3.63) is 0 Å². The molecule has 0 saturated carbocycles. The molecule has 0 spiro atoms. The lowest BCUT2D eigenvalue weighted by atomic mass is 10.1. The number of aliphatic hydroxyl groups excluding tert-OH is 1. The fourth-order valence-electron chi connectivity index (χ4n) is 2.36. The lowest BCUT2D eigenvalue weighted by Gasteiger charge is -2.21. The van der Waals surface area contributed by atoms with Gasteiger partial charge in [0.2, 0.25) is 0 Å². The van der Waals surface area contributed by atoms with Gasteiger partial charge in [-0.15, -0.1) is 0 Å². The molecule has 20 heavy (non-hydrogen) atoms. The molecule has 7 heteroatoms. The highest BCUT2D eigenvalue weighted by Gasteiger charge is 2.28. The summed E-state index contributed by atoms with van der Waals surface area (Å²) in [4.78, 5) is 24.7. The lowest BCUT2D eigenvalue weighted by molar-refractivity contribution is -0.139. The molecule has 0 radical (unpaired) electrons. The summed E-state index contributed by atoms with van der Waals surface area (Å²) in [6, 6.07) is -1.22. The maximum atomic E-state index is 12.0. The third-order valence-electron chi connectivity index (χ3n) is 3.55. The highest BCUT2D eigenvalue weighted by molar-refractivity contribution is 5.82. The summed E-state index contributed by atoms with van der Waals surface area (Å²) in [5, 5.41) is 20.5. The summed E-state index contributed by atoms with van der Waals surface area (Å²) in [5.74, 6) is -0.719. The smallest absolute Gasteiger partial charge is 0.326 e. The van der Waals surface area contributed by atoms with Gasteiger partial charge in [-0.3, -0.25) is 0 Å². The zero-order valence-electron chi connectivity index (χ0n) is 11.9. The Kier molecular flexibility index (Phi) is 7.32. The number of carbonyl (C=O) groups excluding carboxylic acids is 1. The second kappa shape index (κ2) is 8.76. The molecule has 1 rings (SSSR count). The Bertz CT molecular complexity index is 324. The molecule has 1 saturated heterocycles. The maximum absolute atomic E-state index is 12.0. The van der Waals surface area contributed by atoms with Crippen molar-refractivity contribution in [2.75, 3.05) is 33.4 Å². The van der Waals surface area contributed by atoms with Crippen LogP contribution in [0, 0.1) is 5.92 Å². The number of hydrogen-bond acceptors (Lipinski definition) is 4. The first-order valence-electron chi connectivity index (χ1n) is 6.96. The van der Waals surface area contributed by atoms with Crippen molar-refractivity contribution in [3.63, 3.8) is 0 Å². The Hall–Kier alpha value is -1.34. The third-order valence-corrected chi connectivity index (χ3v) is 3.55. The van der Waals surface area contributed by atoms with Gasteiger partial charge in [-0.2, -0.15) is 0 Å². The number of carbonyl (C=O) groups is 2. The van der Waals surface area contributed by atoms with Crippen LogP contribution in [0.15, 0.2) is 0 Å². The predicted octanol–water partition coefficient (Wildman–Crippen LogP) is 0.280. The van der Waals surface area contributed by atoms with Crippen LogP contribution in [-0.4, -0.2) is 66.6 Å². The molecule has 0 aromatic heterocycles. The topological polar surface area (TPSA) is 99.1 Å². The minimum absolute atomic E-state index is 0.120. The van der Waals surface area contributed by atoms with Gasteiger partial charge in [-0.1, -0.05) is 0 Å². The van der Waals surface area contributed by atoms with Crippen LogP contribution in [-0.2, 0) is 9.53 Å². The van der Waals surface area contributed by atoms with Gasteiger partial charge in [-0.25, -0.2) is 9.59 Å². The van der Waals surface area contributed by atoms with E-state index in [0.717, 1.165) is 6.42 Å². The van der Waals surface area contributed by atoms with Crippen molar-refractivity contribution in [2.24, 2.45) is 5.92 Å². The number of methoxy groups -OCH3 is 1. The quantitative estimate of drug-likeness (QED) is 0.557. The number of carboxylic acid groups (broad SMARTS) is 1. The SMILES string of the molecule is COCCCC(NC(=O)N1CCC(CCO)C1)C(=O)O. The largest absolute Gasteiger partial charge is 0.480 e. The van der Waals surface area contributed by atoms with Crippen molar-refractivity contribution >= 4 is 12.0 Å². The average Bonchev–Trinajstić information content (AvgIpc) is 2.86. The Morgan fingerprint density at radius 2 is 2.25 bits per heavy atom. The van der Waals surface area contributed by atoms with Gasteiger partial charge in [0.25, 0.3) is 0 Å². The van der Waals surface area contributed by atoms with E-state index in [1.165, 1.54) is 0 Å². The van der Waals surface area contributed by atoms with Crippen LogP contribution in [0.3, 0.4) is 0 Å². The summed E-state index contributed by atoms with van der Waals surface area (Å²) in [6.07, 6.45) is 2.47. The number of amides is 2. The number of rotatable bonds is 8. The molecule has 1 aliphatic rings. The van der Waals surface area contributed by atoms with E-state index < -0.39 is 12.0 Å². The van der Waals surface area contributed by atoms with E-state index in [0.29, 0.717) is 44.9 Å². The van der Waals surface area contributed by atoms with Crippen molar-refractivity contribution in [2.45, 2.75) is 31.7 Å². The van der Waals surface area contributed by atoms with E-state index >= 15 is 0 Å². The molecule has 2 unspecified atom stereocenters. The fraction of sp³-hybridized carbons (Fsp3) is 0.846. The van der Waals surface area contributed by atoms with Crippen molar-refractivity contribution < 1.29 is 24.5 Å². The zero-order valence-corrected chi connectivity index (χ0v) is 11.9. The molecular weight excluding hydrogens is 264 g/mol. The monoisotopic (exact) mass is 288 g/mol. The number of aliphatic carboxylic acids is 1. The normalized spacial score (nSPS) is 19.9. The summed E-state index contributed by atoms with van der Waals surface area (Å²) in [6.45, 7) is 1.79. The molecule has 0 aromatic rings. The van der Waals surface area contributed by atoms with Crippen LogP contribution < -0.4 is 5.32 Å². The molecule has 1 heterocycles. The molecule has 7 nitrogen and oxygen atoms in total. The van der Waals surface area contributed by atoms with Crippen LogP contribution in [0.25, 0.3) is 0 Å². The van der Waals surface area contributed by atoms with Gasteiger partial charge in [-0.05, 0) is 31.6 Å². The molecule has 0 bridgehead atoms. The Labute approximate surface area is 118 Å². The molecular formula is C13H24N2O5. The number of hydrogen-bond donors (Lipinski definition) is 3. The van der Waals surface area contributed by atoms with E-state index in [4.69, 9.17) is 14.9 Å². The third kappa shape index (κ3) is 5.34. The van der Waals surface area contributed by atoms with Crippen LogP contribution in [0.2, 0.25) is 0 Å². The minimum Gasteiger partial charge on any atom is -0.480 e. The zero-order chi connectivity index (χ0) is 15.0. The second-order valence-corrected chi connectivity index (χ2v) is 5.09. The Balaban J connectivity index is 2.40. The van der Waals surface area contributed by atoms with Gasteiger partial charge >= 0.3 is 12.0 Å². The first-order chi connectivity index (χ1) is 9.58. The molecule has 2 atom stereocenters. The van der Waals surface area contributed by atoms with Gasteiger partial charge in [0.15, 0.2) is 0 Å². The van der Waals surface area contributed by atoms with E-state index in [-0.39, 0.29) is 12.6 Å². The Morgan fingerprint density at radius 3 is 2.85 bits per heavy atom. The van der Waals surface area contributed by atoms with Crippen LogP contribution in [0.1, 0.15) is 25.7 Å². The molecule has 1 aliphatic heterocycles. The van der Waals surface area contributed by atoms with Crippen molar-refractivity contribution in [1.82, 2.24) is 10.2 Å². The van der Waals surface area contributed by atoms with Crippen molar-refractivity contribution in [1.29, 1.82) is 0 Å². The molecule has 2 amide bonds. The first kappa shape index (κ1) is 16.7. The standard InChI is InChI=1S/C13H24N2O5/c1-20-8-2-3-11(12(17)18)14-13(19)15-6-4-10(9-15)5-7-16/h10-11,16H,2-9H2,1H3,(H,14,19)(H,17,18). The minimum atomic E-state index is -1.03. The first-order valence-corrected chi connectivity index (χ1v) is 6.96. The van der Waals surface area contributed by atoms with Gasteiger partial charge in [0.05, 0.1) is 0 Å². The number of aliphatic hydroxyl groups is 1. The number of nitrogens with one attached hydrogen (secondary N) is 1. The molecule has 116 valence electrons. The number of nitrogens with zero attached hydrogens (tertiary/aromatic N) is 1. The van der Waals surface area contributed by atoms with E-state index in [1.54, 1.807) is 12.0 Å². The van der Waals surface area contributed by atoms with Gasteiger partial charge in [0, 0.05) is 33.4 Å². The van der Waals surface area contributed by atoms with Crippen LogP contribution in [0.5, 0.6) is 0 Å². The highest BCUT2D eigenvalue weighted by Crippen LogP contribution is 2.19. The van der Waals surface area contributed by atoms with Gasteiger partial charge < -0.3 is 25.2 Å². The van der Waals surface area contributed by atoms with Crippen LogP contribution in [0.4, 0.5) is 4.79 Å². The van der Waals surface area contributed by atoms with Crippen LogP contribution >= 0.6 is 0 Å². The number of ether oxygens (including phenoxy) is 1. The lowest BCUT2D eigenvalue weighted by Crippen LogP contribution is -2.47. The number of urea groups is 1. The molecule has 0 aromatic carbocycles. The summed E-state index contributed by atoms with van der Waals surface area (Å²) >= 11 is 0. The predicted molar refractivity (Wildman–Crippen MR) is 72.4 cm³/mol. The highest BCUT2D eigenvalue weighted by atomic mass is 16.5. The van der Waals surface area contributed by atoms with Crippen molar-refractivity contribution in [3.8, 4) is 0 Å². The fourth-order valence-corrected chi connectivity index (χ4v) is 2.36. The second-order valence-electron chi connectivity index (χ2n) is 5.09. The number of carboxylic acids is 1. The molecule has 1 fully saturated rings. The van der Waals surface area contributed by atoms with E-state index in [1.807, 2.05) is 0 Å². The molecule has 3 N–H and O–H groups in total. The van der Waals surface area contributed by atoms with E-state index in [9.17, 15) is 9.59 Å². The van der Waals surface area contributed by atoms with E-state index in [2.05, 4.69) is 5.32 Å².